The van der Waals surface area contributed by atoms with E-state index < -0.39 is 0 Å². The number of hydrogen-bond acceptors (Lipinski definition) is 5. The van der Waals surface area contributed by atoms with E-state index in [1.165, 1.54) is 30.3 Å². The first-order valence-corrected chi connectivity index (χ1v) is 7.46. The summed E-state index contributed by atoms with van der Waals surface area (Å²) in [5.74, 6) is 1.10. The van der Waals surface area contributed by atoms with E-state index in [0.717, 1.165) is 12.2 Å². The van der Waals surface area contributed by atoms with Crippen molar-refractivity contribution in [1.82, 2.24) is 25.5 Å². The third kappa shape index (κ3) is 3.69. The van der Waals surface area contributed by atoms with Gasteiger partial charge in [0.15, 0.2) is 0 Å². The molecule has 0 aliphatic heterocycles. The highest BCUT2D eigenvalue weighted by atomic mass is 32.2. The molecule has 7 heteroatoms. The van der Waals surface area contributed by atoms with Crippen LogP contribution < -0.4 is 5.32 Å². The van der Waals surface area contributed by atoms with E-state index in [9.17, 15) is 4.79 Å². The molecule has 2 unspecified atom stereocenters. The predicted molar refractivity (Wildman–Crippen MR) is 70.1 cm³/mol. The summed E-state index contributed by atoms with van der Waals surface area (Å²) in [6, 6.07) is 0.299. The predicted octanol–water partition coefficient (Wildman–Crippen LogP) is 0.854. The van der Waals surface area contributed by atoms with Gasteiger partial charge in [-0.1, -0.05) is 19.8 Å². The quantitative estimate of drug-likeness (QED) is 0.858. The minimum Gasteiger partial charge on any atom is -0.351 e. The molecule has 0 bridgehead atoms. The molecule has 6 nitrogen and oxygen atoms in total. The van der Waals surface area contributed by atoms with Gasteiger partial charge in [0.1, 0.15) is 12.9 Å². The van der Waals surface area contributed by atoms with Crippen LogP contribution >= 0.6 is 11.8 Å². The number of thioether (sulfide) groups is 1. The fraction of sp³-hybridized carbons (Fsp3) is 0.818. The molecule has 2 atom stereocenters. The number of tetrazole rings is 1. The monoisotopic (exact) mass is 269 g/mol. The first-order valence-electron chi connectivity index (χ1n) is 6.41. The van der Waals surface area contributed by atoms with Crippen LogP contribution in [0.4, 0.5) is 0 Å². The van der Waals surface area contributed by atoms with Gasteiger partial charge in [-0.25, -0.2) is 4.68 Å². The molecule has 18 heavy (non-hydrogen) atoms. The second kappa shape index (κ2) is 6.72. The molecular weight excluding hydrogens is 250 g/mol. The van der Waals surface area contributed by atoms with E-state index in [2.05, 4.69) is 27.8 Å². The Morgan fingerprint density at radius 1 is 1.50 bits per heavy atom. The summed E-state index contributed by atoms with van der Waals surface area (Å²) in [5.41, 5.74) is 0. The number of carbonyl (C=O) groups excluding carboxylic acids is 1. The Hall–Kier alpha value is -1.11. The molecule has 2 rings (SSSR count). The molecule has 1 heterocycles. The van der Waals surface area contributed by atoms with Gasteiger partial charge in [-0.2, -0.15) is 11.8 Å². The van der Waals surface area contributed by atoms with Crippen molar-refractivity contribution in [3.8, 4) is 0 Å². The number of nitrogens with one attached hydrogen (secondary N) is 1. The summed E-state index contributed by atoms with van der Waals surface area (Å²) in [6.07, 6.45) is 6.22. The molecule has 0 radical (unpaired) electrons. The van der Waals surface area contributed by atoms with Gasteiger partial charge >= 0.3 is 0 Å². The lowest BCUT2D eigenvalue weighted by Gasteiger charge is -2.31. The zero-order chi connectivity index (χ0) is 12.8. The Labute approximate surface area is 111 Å². The van der Waals surface area contributed by atoms with Crippen LogP contribution in [0.2, 0.25) is 0 Å². The Morgan fingerprint density at radius 3 is 3.06 bits per heavy atom. The number of amides is 1. The van der Waals surface area contributed by atoms with Gasteiger partial charge in [-0.3, -0.25) is 4.79 Å². The number of carbonyl (C=O) groups is 1. The van der Waals surface area contributed by atoms with Gasteiger partial charge in [-0.05, 0) is 29.0 Å². The van der Waals surface area contributed by atoms with Crippen molar-refractivity contribution in [3.05, 3.63) is 6.33 Å². The van der Waals surface area contributed by atoms with Crippen molar-refractivity contribution < 1.29 is 4.79 Å². The van der Waals surface area contributed by atoms with Crippen molar-refractivity contribution in [2.45, 2.75) is 50.4 Å². The molecule has 1 N–H and O–H groups in total. The zero-order valence-electron chi connectivity index (χ0n) is 10.6. The van der Waals surface area contributed by atoms with Crippen molar-refractivity contribution in [2.24, 2.45) is 0 Å². The van der Waals surface area contributed by atoms with E-state index in [0.29, 0.717) is 11.3 Å². The van der Waals surface area contributed by atoms with E-state index in [4.69, 9.17) is 0 Å². The Balaban J connectivity index is 1.84. The maximum atomic E-state index is 11.9. The van der Waals surface area contributed by atoms with Gasteiger partial charge in [-0.15, -0.1) is 5.10 Å². The second-order valence-corrected chi connectivity index (χ2v) is 5.98. The minimum absolute atomic E-state index is 0.00379. The molecule has 1 aliphatic carbocycles. The van der Waals surface area contributed by atoms with Crippen LogP contribution in [0.15, 0.2) is 6.33 Å². The van der Waals surface area contributed by atoms with Crippen LogP contribution in [-0.2, 0) is 11.3 Å². The Kier molecular flexibility index (Phi) is 4.98. The zero-order valence-corrected chi connectivity index (χ0v) is 11.4. The highest BCUT2D eigenvalue weighted by molar-refractivity contribution is 7.99. The number of nitrogens with zero attached hydrogens (tertiary/aromatic N) is 4. The lowest BCUT2D eigenvalue weighted by Crippen LogP contribution is -2.45. The fourth-order valence-corrected chi connectivity index (χ4v) is 3.53. The molecule has 1 aromatic rings. The van der Waals surface area contributed by atoms with Crippen LogP contribution in [-0.4, -0.2) is 43.2 Å². The lowest BCUT2D eigenvalue weighted by molar-refractivity contribution is -0.122. The Morgan fingerprint density at radius 2 is 2.33 bits per heavy atom. The van der Waals surface area contributed by atoms with Crippen molar-refractivity contribution in [2.75, 3.05) is 5.75 Å². The fourth-order valence-electron chi connectivity index (χ4n) is 2.33. The summed E-state index contributed by atoms with van der Waals surface area (Å²) in [6.45, 7) is 2.37. The number of hydrogen-bond donors (Lipinski definition) is 1. The van der Waals surface area contributed by atoms with Crippen molar-refractivity contribution >= 4 is 17.7 Å². The highest BCUT2D eigenvalue weighted by Gasteiger charge is 2.26. The highest BCUT2D eigenvalue weighted by Crippen LogP contribution is 2.28. The molecule has 0 aromatic carbocycles. The average molecular weight is 269 g/mol. The Bertz CT molecular complexity index is 368. The van der Waals surface area contributed by atoms with Crippen LogP contribution in [0.1, 0.15) is 32.6 Å². The van der Waals surface area contributed by atoms with Gasteiger partial charge in [0.25, 0.3) is 0 Å². The van der Waals surface area contributed by atoms with Crippen LogP contribution in [0.3, 0.4) is 0 Å². The molecular formula is C11H19N5OS. The van der Waals surface area contributed by atoms with Crippen LogP contribution in [0.5, 0.6) is 0 Å². The maximum absolute atomic E-state index is 11.9. The molecule has 1 aromatic heterocycles. The average Bonchev–Trinajstić information content (AvgIpc) is 2.84. The largest absolute Gasteiger partial charge is 0.351 e. The third-order valence-corrected chi connectivity index (χ3v) is 4.45. The first kappa shape index (κ1) is 13.3. The molecule has 100 valence electrons. The summed E-state index contributed by atoms with van der Waals surface area (Å²) in [4.78, 5) is 11.9. The maximum Gasteiger partial charge on any atom is 0.242 e. The molecule has 1 saturated carbocycles. The van der Waals surface area contributed by atoms with E-state index in [1.54, 1.807) is 0 Å². The molecule has 0 saturated heterocycles. The summed E-state index contributed by atoms with van der Waals surface area (Å²) in [7, 11) is 0. The SMILES string of the molecule is CCSC1CCCCC1NC(=O)Cn1cnnn1. The number of aromatic nitrogens is 4. The molecule has 0 spiro atoms. The van der Waals surface area contributed by atoms with Crippen LogP contribution in [0, 0.1) is 0 Å². The van der Waals surface area contributed by atoms with Gasteiger partial charge in [0, 0.05) is 11.3 Å². The van der Waals surface area contributed by atoms with Crippen LogP contribution in [0.25, 0.3) is 0 Å². The molecule has 1 fully saturated rings. The van der Waals surface area contributed by atoms with Crippen molar-refractivity contribution in [1.29, 1.82) is 0 Å². The molecule has 1 aliphatic rings. The van der Waals surface area contributed by atoms with Gasteiger partial charge in [0.05, 0.1) is 0 Å². The first-order chi connectivity index (χ1) is 8.79. The standard InChI is InChI=1S/C11H19N5OS/c1-2-18-10-6-4-3-5-9(10)13-11(17)7-16-8-12-14-15-16/h8-10H,2-7H2,1H3,(H,13,17). The summed E-state index contributed by atoms with van der Waals surface area (Å²) < 4.78 is 1.44. The van der Waals surface area contributed by atoms with E-state index in [-0.39, 0.29) is 12.5 Å². The topological polar surface area (TPSA) is 72.7 Å². The number of rotatable bonds is 5. The summed E-state index contributed by atoms with van der Waals surface area (Å²) in [5, 5.41) is 14.4. The molecule has 1 amide bonds. The van der Waals surface area contributed by atoms with Crippen molar-refractivity contribution in [3.63, 3.8) is 0 Å². The smallest absolute Gasteiger partial charge is 0.242 e. The summed E-state index contributed by atoms with van der Waals surface area (Å²) >= 11 is 1.95. The van der Waals surface area contributed by atoms with Gasteiger partial charge in [0.2, 0.25) is 5.91 Å². The second-order valence-electron chi connectivity index (χ2n) is 4.46. The normalized spacial score (nSPS) is 23.8. The van der Waals surface area contributed by atoms with E-state index >= 15 is 0 Å². The van der Waals surface area contributed by atoms with Gasteiger partial charge < -0.3 is 5.32 Å². The third-order valence-electron chi connectivity index (χ3n) is 3.13. The van der Waals surface area contributed by atoms with E-state index in [1.807, 2.05) is 11.8 Å². The lowest BCUT2D eigenvalue weighted by atomic mass is 9.95. The minimum atomic E-state index is -0.00379.